The molecule has 2 heteroatoms. The summed E-state index contributed by atoms with van der Waals surface area (Å²) in [5.74, 6) is 0.845. The third-order valence-corrected chi connectivity index (χ3v) is 3.47. The van der Waals surface area contributed by atoms with Crippen LogP contribution in [0, 0.1) is 27.7 Å². The first-order valence-electron chi connectivity index (χ1n) is 5.92. The summed E-state index contributed by atoms with van der Waals surface area (Å²) in [4.78, 5) is 0. The predicted molar refractivity (Wildman–Crippen MR) is 74.2 cm³/mol. The lowest BCUT2D eigenvalue weighted by atomic mass is 9.95. The van der Waals surface area contributed by atoms with Crippen LogP contribution < -0.4 is 5.73 Å². The monoisotopic (exact) mass is 228 g/mol. The Morgan fingerprint density at radius 3 is 1.88 bits per heavy atom. The molecular formula is C15H20N2. The number of hydrogen-bond donors (Lipinski definition) is 1. The van der Waals surface area contributed by atoms with E-state index in [1.54, 1.807) is 0 Å². The third kappa shape index (κ3) is 1.84. The highest BCUT2D eigenvalue weighted by atomic mass is 15.0. The van der Waals surface area contributed by atoms with Crippen molar-refractivity contribution in [2.75, 3.05) is 5.73 Å². The van der Waals surface area contributed by atoms with Gasteiger partial charge in [0.05, 0.1) is 0 Å². The highest BCUT2D eigenvalue weighted by Crippen LogP contribution is 2.34. The predicted octanol–water partition coefficient (Wildman–Crippen LogP) is 3.51. The van der Waals surface area contributed by atoms with Gasteiger partial charge in [-0.25, -0.2) is 0 Å². The van der Waals surface area contributed by atoms with Crippen molar-refractivity contribution in [3.8, 4) is 11.1 Å². The lowest BCUT2D eigenvalue weighted by Gasteiger charge is -2.11. The second-order valence-electron chi connectivity index (χ2n) is 4.92. The van der Waals surface area contributed by atoms with Gasteiger partial charge in [-0.15, -0.1) is 0 Å². The smallest absolute Gasteiger partial charge is 0.111 e. The molecule has 0 spiro atoms. The maximum atomic E-state index is 6.17. The highest BCUT2D eigenvalue weighted by Gasteiger charge is 2.13. The van der Waals surface area contributed by atoms with Gasteiger partial charge in [-0.05, 0) is 50.5 Å². The molecule has 17 heavy (non-hydrogen) atoms. The van der Waals surface area contributed by atoms with Gasteiger partial charge >= 0.3 is 0 Å². The van der Waals surface area contributed by atoms with Crippen LogP contribution in [-0.4, -0.2) is 4.57 Å². The van der Waals surface area contributed by atoms with Gasteiger partial charge in [-0.1, -0.05) is 17.7 Å². The number of aromatic nitrogens is 1. The van der Waals surface area contributed by atoms with E-state index in [4.69, 9.17) is 5.73 Å². The average molecular weight is 228 g/mol. The number of anilines is 1. The minimum Gasteiger partial charge on any atom is -0.385 e. The molecule has 1 heterocycles. The van der Waals surface area contributed by atoms with Gasteiger partial charge in [0.1, 0.15) is 5.82 Å². The van der Waals surface area contributed by atoms with Crippen LogP contribution in [0.25, 0.3) is 11.1 Å². The summed E-state index contributed by atoms with van der Waals surface area (Å²) < 4.78 is 2.04. The van der Waals surface area contributed by atoms with Crippen molar-refractivity contribution >= 4 is 5.82 Å². The Bertz CT molecular complexity index is 554. The van der Waals surface area contributed by atoms with Gasteiger partial charge in [0.15, 0.2) is 0 Å². The molecule has 0 fully saturated rings. The first-order chi connectivity index (χ1) is 7.91. The number of hydrogen-bond acceptors (Lipinski definition) is 1. The van der Waals surface area contributed by atoms with E-state index < -0.39 is 0 Å². The van der Waals surface area contributed by atoms with Crippen molar-refractivity contribution in [3.63, 3.8) is 0 Å². The fourth-order valence-corrected chi connectivity index (χ4v) is 2.56. The zero-order valence-electron chi connectivity index (χ0n) is 11.3. The van der Waals surface area contributed by atoms with Crippen molar-refractivity contribution in [2.24, 2.45) is 7.05 Å². The summed E-state index contributed by atoms with van der Waals surface area (Å²) >= 11 is 0. The van der Waals surface area contributed by atoms with Crippen molar-refractivity contribution in [1.29, 1.82) is 0 Å². The van der Waals surface area contributed by atoms with Crippen LogP contribution >= 0.6 is 0 Å². The lowest BCUT2D eigenvalue weighted by Crippen LogP contribution is -1.99. The summed E-state index contributed by atoms with van der Waals surface area (Å²) in [5, 5.41) is 0. The van der Waals surface area contributed by atoms with Crippen LogP contribution in [0.1, 0.15) is 22.4 Å². The van der Waals surface area contributed by atoms with E-state index in [2.05, 4.69) is 45.9 Å². The minimum absolute atomic E-state index is 0.845. The third-order valence-electron chi connectivity index (χ3n) is 3.47. The van der Waals surface area contributed by atoms with Crippen LogP contribution in [0.4, 0.5) is 5.82 Å². The quantitative estimate of drug-likeness (QED) is 0.795. The molecule has 0 unspecified atom stereocenters. The highest BCUT2D eigenvalue weighted by molar-refractivity contribution is 5.80. The molecule has 90 valence electrons. The summed E-state index contributed by atoms with van der Waals surface area (Å²) in [6, 6.07) is 6.59. The fourth-order valence-electron chi connectivity index (χ4n) is 2.56. The van der Waals surface area contributed by atoms with Crippen LogP contribution in [0.2, 0.25) is 0 Å². The Morgan fingerprint density at radius 2 is 1.47 bits per heavy atom. The van der Waals surface area contributed by atoms with E-state index >= 15 is 0 Å². The van der Waals surface area contributed by atoms with E-state index in [-0.39, 0.29) is 0 Å². The molecule has 1 aromatic heterocycles. The molecule has 0 bridgehead atoms. The first kappa shape index (κ1) is 11.8. The molecule has 0 aliphatic carbocycles. The molecule has 2 N–H and O–H groups in total. The first-order valence-corrected chi connectivity index (χ1v) is 5.92. The number of nitrogen functional groups attached to an aromatic ring is 1. The SMILES string of the molecule is Cc1cc(C)c(-c2cc(C)n(C)c2N)c(C)c1. The largest absolute Gasteiger partial charge is 0.385 e. The Kier molecular flexibility index (Phi) is 2.74. The maximum Gasteiger partial charge on any atom is 0.111 e. The van der Waals surface area contributed by atoms with Crippen molar-refractivity contribution in [3.05, 3.63) is 40.6 Å². The van der Waals surface area contributed by atoms with Gasteiger partial charge < -0.3 is 10.3 Å². The molecular weight excluding hydrogens is 208 g/mol. The van der Waals surface area contributed by atoms with Crippen molar-refractivity contribution in [2.45, 2.75) is 27.7 Å². The zero-order chi connectivity index (χ0) is 12.7. The standard InChI is InChI=1S/C15H20N2/c1-9-6-10(2)14(11(3)7-9)13-8-12(4)17(5)15(13)16/h6-8H,16H2,1-5H3. The van der Waals surface area contributed by atoms with Gasteiger partial charge in [-0.2, -0.15) is 0 Å². The minimum atomic E-state index is 0.845. The van der Waals surface area contributed by atoms with E-state index in [1.807, 2.05) is 11.6 Å². The van der Waals surface area contributed by atoms with Crippen LogP contribution in [0.5, 0.6) is 0 Å². The molecule has 0 saturated heterocycles. The Labute approximate surface area is 103 Å². The molecule has 2 aromatic rings. The molecule has 0 saturated carbocycles. The number of nitrogens with zero attached hydrogens (tertiary/aromatic N) is 1. The number of benzene rings is 1. The number of aryl methyl sites for hydroxylation is 4. The average Bonchev–Trinajstić information content (AvgIpc) is 2.45. The Hall–Kier alpha value is -1.70. The van der Waals surface area contributed by atoms with E-state index in [1.165, 1.54) is 27.9 Å². The van der Waals surface area contributed by atoms with Gasteiger partial charge in [0.2, 0.25) is 0 Å². The second-order valence-corrected chi connectivity index (χ2v) is 4.92. The van der Waals surface area contributed by atoms with E-state index in [9.17, 15) is 0 Å². The molecule has 1 aromatic carbocycles. The van der Waals surface area contributed by atoms with E-state index in [0.29, 0.717) is 0 Å². The van der Waals surface area contributed by atoms with Gasteiger partial charge in [0, 0.05) is 18.3 Å². The normalized spacial score (nSPS) is 10.9. The Morgan fingerprint density at radius 1 is 0.941 bits per heavy atom. The second kappa shape index (κ2) is 3.95. The number of nitrogens with two attached hydrogens (primary N) is 1. The molecule has 0 aliphatic heterocycles. The molecule has 0 aliphatic rings. The zero-order valence-corrected chi connectivity index (χ0v) is 11.3. The molecule has 0 amide bonds. The van der Waals surface area contributed by atoms with Crippen LogP contribution in [-0.2, 0) is 7.05 Å². The summed E-state index contributed by atoms with van der Waals surface area (Å²) in [6.07, 6.45) is 0. The number of rotatable bonds is 1. The maximum absolute atomic E-state index is 6.17. The lowest BCUT2D eigenvalue weighted by molar-refractivity contribution is 0.895. The summed E-state index contributed by atoms with van der Waals surface area (Å²) in [7, 11) is 2.01. The van der Waals surface area contributed by atoms with Gasteiger partial charge in [-0.3, -0.25) is 0 Å². The van der Waals surface area contributed by atoms with E-state index in [0.717, 1.165) is 11.4 Å². The topological polar surface area (TPSA) is 30.9 Å². The fraction of sp³-hybridized carbons (Fsp3) is 0.333. The van der Waals surface area contributed by atoms with Gasteiger partial charge in [0.25, 0.3) is 0 Å². The Balaban J connectivity index is 2.73. The van der Waals surface area contributed by atoms with Crippen molar-refractivity contribution in [1.82, 2.24) is 4.57 Å². The summed E-state index contributed by atoms with van der Waals surface area (Å²) in [6.45, 7) is 8.51. The molecule has 0 radical (unpaired) electrons. The summed E-state index contributed by atoms with van der Waals surface area (Å²) in [5.41, 5.74) is 13.7. The molecule has 0 atom stereocenters. The molecule has 2 nitrogen and oxygen atoms in total. The van der Waals surface area contributed by atoms with Crippen LogP contribution in [0.15, 0.2) is 18.2 Å². The van der Waals surface area contributed by atoms with Crippen molar-refractivity contribution < 1.29 is 0 Å². The van der Waals surface area contributed by atoms with Crippen LogP contribution in [0.3, 0.4) is 0 Å². The molecule has 2 rings (SSSR count).